The van der Waals surface area contributed by atoms with E-state index < -0.39 is 58.0 Å². The van der Waals surface area contributed by atoms with Gasteiger partial charge in [0.15, 0.2) is 0 Å². The van der Waals surface area contributed by atoms with Gasteiger partial charge in [0.25, 0.3) is 0 Å². The summed E-state index contributed by atoms with van der Waals surface area (Å²) in [5.74, 6) is -3.01. The Morgan fingerprint density at radius 3 is 1.36 bits per heavy atom. The van der Waals surface area contributed by atoms with E-state index in [4.69, 9.17) is 19.0 Å². The fourth-order valence-corrected chi connectivity index (χ4v) is 7.28. The molecule has 1 aliphatic heterocycles. The minimum atomic E-state index is -1.12. The van der Waals surface area contributed by atoms with E-state index in [0.29, 0.717) is 36.8 Å². The number of nitrogens with zero attached hydrogens (tertiary/aromatic N) is 1. The number of esters is 3. The number of benzene rings is 2. The molecule has 9 nitrogen and oxygen atoms in total. The largest absolute Gasteiger partial charge is 0.459 e. The zero-order valence-corrected chi connectivity index (χ0v) is 27.0. The zero-order valence-electron chi connectivity index (χ0n) is 27.0. The molecule has 1 saturated carbocycles. The van der Waals surface area contributed by atoms with Crippen LogP contribution in [-0.2, 0) is 28.6 Å². The van der Waals surface area contributed by atoms with Crippen LogP contribution in [0.1, 0.15) is 102 Å². The van der Waals surface area contributed by atoms with Crippen LogP contribution in [0.2, 0.25) is 0 Å². The first kappa shape index (κ1) is 33.2. The molecular formula is C35H45NO8. The van der Waals surface area contributed by atoms with Gasteiger partial charge in [-0.2, -0.15) is 0 Å². The van der Waals surface area contributed by atoms with E-state index in [1.165, 1.54) is 5.06 Å². The first-order chi connectivity index (χ1) is 20.4. The van der Waals surface area contributed by atoms with Gasteiger partial charge in [-0.25, -0.2) is 19.2 Å². The number of ether oxygens (including phenoxy) is 3. The minimum absolute atomic E-state index is 0.381. The van der Waals surface area contributed by atoms with Crippen molar-refractivity contribution in [1.82, 2.24) is 5.06 Å². The lowest BCUT2D eigenvalue weighted by molar-refractivity contribution is -0.277. The molecule has 0 bridgehead atoms. The van der Waals surface area contributed by atoms with Crippen molar-refractivity contribution < 1.29 is 38.2 Å². The third-order valence-corrected chi connectivity index (χ3v) is 8.61. The number of carbonyl (C=O) groups excluding carboxylic acids is 4. The van der Waals surface area contributed by atoms with Crippen molar-refractivity contribution in [1.29, 1.82) is 0 Å². The van der Waals surface area contributed by atoms with E-state index in [1.54, 1.807) is 48.5 Å². The molecule has 238 valence electrons. The van der Waals surface area contributed by atoms with E-state index in [9.17, 15) is 19.2 Å². The molecular weight excluding hydrogens is 562 g/mol. The van der Waals surface area contributed by atoms with Crippen molar-refractivity contribution >= 4 is 23.9 Å². The van der Waals surface area contributed by atoms with Crippen molar-refractivity contribution in [3.8, 4) is 0 Å². The van der Waals surface area contributed by atoms with Crippen LogP contribution >= 0.6 is 0 Å². The molecule has 1 saturated heterocycles. The summed E-state index contributed by atoms with van der Waals surface area (Å²) in [5.41, 5.74) is -1.76. The summed E-state index contributed by atoms with van der Waals surface area (Å²) in [6.07, 6.45) is 0.266. The highest BCUT2D eigenvalue weighted by Gasteiger charge is 2.53. The van der Waals surface area contributed by atoms with Gasteiger partial charge in [-0.3, -0.25) is 0 Å². The molecule has 2 fully saturated rings. The van der Waals surface area contributed by atoms with Crippen molar-refractivity contribution in [2.45, 2.75) is 110 Å². The van der Waals surface area contributed by atoms with Gasteiger partial charge in [-0.1, -0.05) is 64.1 Å². The van der Waals surface area contributed by atoms with E-state index in [0.717, 1.165) is 0 Å². The van der Waals surface area contributed by atoms with Crippen molar-refractivity contribution in [3.05, 3.63) is 71.8 Å². The Morgan fingerprint density at radius 1 is 0.568 bits per heavy atom. The third kappa shape index (κ3) is 7.49. The molecule has 9 heteroatoms. The Kier molecular flexibility index (Phi) is 9.31. The summed E-state index contributed by atoms with van der Waals surface area (Å²) in [5, 5.41) is 1.52. The van der Waals surface area contributed by atoms with Gasteiger partial charge in [0, 0.05) is 23.7 Å². The lowest BCUT2D eigenvalue weighted by Crippen LogP contribution is -2.63. The Balaban J connectivity index is 1.39. The average molecular weight is 608 g/mol. The molecule has 0 amide bonds. The van der Waals surface area contributed by atoms with Crippen LogP contribution in [0.15, 0.2) is 60.7 Å². The van der Waals surface area contributed by atoms with E-state index in [2.05, 4.69) is 0 Å². The van der Waals surface area contributed by atoms with Crippen LogP contribution in [0.5, 0.6) is 0 Å². The number of carbonyl (C=O) groups is 4. The van der Waals surface area contributed by atoms with Crippen LogP contribution < -0.4 is 0 Å². The molecule has 4 rings (SSSR count). The molecule has 2 aromatic rings. The van der Waals surface area contributed by atoms with Crippen LogP contribution in [0, 0.1) is 10.8 Å². The summed E-state index contributed by atoms with van der Waals surface area (Å²) in [7, 11) is 0. The van der Waals surface area contributed by atoms with Crippen LogP contribution in [0.4, 0.5) is 0 Å². The fourth-order valence-electron chi connectivity index (χ4n) is 7.28. The van der Waals surface area contributed by atoms with Crippen LogP contribution in [-0.4, -0.2) is 58.3 Å². The second-order valence-electron chi connectivity index (χ2n) is 14.7. The van der Waals surface area contributed by atoms with Crippen molar-refractivity contribution in [3.63, 3.8) is 0 Å². The van der Waals surface area contributed by atoms with E-state index >= 15 is 0 Å². The number of rotatable bonds is 6. The molecule has 2 aromatic carbocycles. The van der Waals surface area contributed by atoms with Crippen LogP contribution in [0.25, 0.3) is 0 Å². The number of piperidine rings is 1. The van der Waals surface area contributed by atoms with Crippen LogP contribution in [0.3, 0.4) is 0 Å². The van der Waals surface area contributed by atoms with Gasteiger partial charge in [0.1, 0.15) is 18.3 Å². The van der Waals surface area contributed by atoms with Crippen molar-refractivity contribution in [2.24, 2.45) is 10.8 Å². The normalized spacial score (nSPS) is 24.0. The second kappa shape index (κ2) is 12.3. The lowest BCUT2D eigenvalue weighted by atomic mass is 9.61. The molecule has 44 heavy (non-hydrogen) atoms. The predicted molar refractivity (Wildman–Crippen MR) is 163 cm³/mol. The Morgan fingerprint density at radius 2 is 0.955 bits per heavy atom. The molecule has 1 heterocycles. The van der Waals surface area contributed by atoms with E-state index in [-0.39, 0.29) is 6.10 Å². The number of hydroxylamine groups is 2. The monoisotopic (exact) mass is 607 g/mol. The Hall–Kier alpha value is -3.72. The van der Waals surface area contributed by atoms with Gasteiger partial charge in [0.05, 0.1) is 22.2 Å². The van der Waals surface area contributed by atoms with Gasteiger partial charge in [-0.05, 0) is 64.8 Å². The van der Waals surface area contributed by atoms with Gasteiger partial charge in [0.2, 0.25) is 0 Å². The van der Waals surface area contributed by atoms with E-state index in [1.807, 2.05) is 67.5 Å². The predicted octanol–water partition coefficient (Wildman–Crippen LogP) is 6.31. The van der Waals surface area contributed by atoms with Gasteiger partial charge >= 0.3 is 23.9 Å². The standard InChI is InChI=1S/C35H45NO8/c1-32(2)19-25(41-27(37)23-15-11-9-12-16-23)20-33(3,4)31(32)43-29(39)30(40)44-36-34(5,6)21-26(22-35(36,7)8)42-28(38)24-17-13-10-14-18-24/h9-18,25-26,31H,19-22H2,1-8H3. The number of hydrogen-bond acceptors (Lipinski definition) is 9. The topological polar surface area (TPSA) is 108 Å². The molecule has 1 aliphatic carbocycles. The average Bonchev–Trinajstić information content (AvgIpc) is 2.92. The minimum Gasteiger partial charge on any atom is -0.459 e. The quantitative estimate of drug-likeness (QED) is 0.212. The summed E-state index contributed by atoms with van der Waals surface area (Å²) in [4.78, 5) is 57.6. The Bertz CT molecular complexity index is 1220. The molecule has 0 N–H and O–H groups in total. The van der Waals surface area contributed by atoms with Gasteiger partial charge < -0.3 is 19.0 Å². The highest BCUT2D eigenvalue weighted by Crippen LogP contribution is 2.49. The number of hydrogen-bond donors (Lipinski definition) is 0. The molecule has 0 aromatic heterocycles. The zero-order chi connectivity index (χ0) is 32.5. The molecule has 0 spiro atoms. The maximum atomic E-state index is 13.2. The first-order valence-corrected chi connectivity index (χ1v) is 15.2. The molecule has 0 atom stereocenters. The summed E-state index contributed by atoms with van der Waals surface area (Å²) >= 11 is 0. The lowest BCUT2D eigenvalue weighted by Gasteiger charge is -2.52. The highest BCUT2D eigenvalue weighted by atomic mass is 16.7. The smallest absolute Gasteiger partial charge is 0.436 e. The third-order valence-electron chi connectivity index (χ3n) is 8.61. The fraction of sp³-hybridized carbons (Fsp3) is 0.543. The Labute approximate surface area is 260 Å². The summed E-state index contributed by atoms with van der Waals surface area (Å²) < 4.78 is 17.5. The van der Waals surface area contributed by atoms with Gasteiger partial charge in [-0.15, -0.1) is 5.06 Å². The highest BCUT2D eigenvalue weighted by molar-refractivity contribution is 6.29. The van der Waals surface area contributed by atoms with Crippen molar-refractivity contribution in [2.75, 3.05) is 0 Å². The summed E-state index contributed by atoms with van der Waals surface area (Å²) in [6.45, 7) is 15.3. The summed E-state index contributed by atoms with van der Waals surface area (Å²) in [6, 6.07) is 17.6. The maximum Gasteiger partial charge on any atom is 0.436 e. The SMILES string of the molecule is CC1(C)CC(OC(=O)c2ccccc2)CC(C)(C)C1OC(=O)C(=O)ON1C(C)(C)CC(OC(=O)c2ccccc2)CC1(C)C. The molecule has 2 aliphatic rings. The maximum absolute atomic E-state index is 13.2. The molecule has 0 radical (unpaired) electrons. The second-order valence-corrected chi connectivity index (χ2v) is 14.7. The first-order valence-electron chi connectivity index (χ1n) is 15.2. The molecule has 0 unspecified atom stereocenters.